The Morgan fingerprint density at radius 1 is 1.58 bits per heavy atom. The van der Waals surface area contributed by atoms with Crippen molar-refractivity contribution >= 4 is 11.8 Å². The van der Waals surface area contributed by atoms with Crippen LogP contribution in [0.15, 0.2) is 18.2 Å². The second-order valence-corrected chi connectivity index (χ2v) is 4.47. The Hall–Kier alpha value is -2.11. The van der Waals surface area contributed by atoms with E-state index in [1.54, 1.807) is 0 Å². The van der Waals surface area contributed by atoms with E-state index >= 15 is 0 Å². The molecule has 0 aromatic heterocycles. The summed E-state index contributed by atoms with van der Waals surface area (Å²) < 4.78 is 18.5. The highest BCUT2D eigenvalue weighted by Crippen LogP contribution is 2.29. The zero-order chi connectivity index (χ0) is 14.0. The standard InChI is InChI=1S/C13H15FN2O3/c1-8(17)6-16-7-11(15-13(16)18)10-5-9(14)3-4-12(10)19-2/h3-5,11H,6-7H2,1-2H3,(H,15,18). The number of nitrogens with zero attached hydrogens (tertiary/aromatic N) is 1. The molecule has 0 saturated carbocycles. The van der Waals surface area contributed by atoms with Crippen LogP contribution in [0.3, 0.4) is 0 Å². The Morgan fingerprint density at radius 3 is 2.95 bits per heavy atom. The summed E-state index contributed by atoms with van der Waals surface area (Å²) in [6.07, 6.45) is 0. The Balaban J connectivity index is 2.22. The summed E-state index contributed by atoms with van der Waals surface area (Å²) in [5.41, 5.74) is 0.571. The molecule has 0 radical (unpaired) electrons. The van der Waals surface area contributed by atoms with Crippen molar-refractivity contribution in [2.75, 3.05) is 20.2 Å². The maximum absolute atomic E-state index is 13.3. The first-order valence-corrected chi connectivity index (χ1v) is 5.89. The van der Waals surface area contributed by atoms with Crippen molar-refractivity contribution in [2.24, 2.45) is 0 Å². The predicted octanol–water partition coefficient (Wildman–Crippen LogP) is 1.49. The number of ketones is 1. The zero-order valence-electron chi connectivity index (χ0n) is 10.8. The van der Waals surface area contributed by atoms with Crippen LogP contribution in [0.1, 0.15) is 18.5 Å². The average molecular weight is 266 g/mol. The van der Waals surface area contributed by atoms with Crippen LogP contribution < -0.4 is 10.1 Å². The highest BCUT2D eigenvalue weighted by molar-refractivity contribution is 5.85. The number of halogens is 1. The monoisotopic (exact) mass is 266 g/mol. The molecule has 1 atom stereocenters. The van der Waals surface area contributed by atoms with E-state index in [9.17, 15) is 14.0 Å². The predicted molar refractivity (Wildman–Crippen MR) is 66.5 cm³/mol. The Morgan fingerprint density at radius 2 is 2.32 bits per heavy atom. The van der Waals surface area contributed by atoms with Crippen LogP contribution in [0.5, 0.6) is 5.75 Å². The zero-order valence-corrected chi connectivity index (χ0v) is 10.8. The molecule has 102 valence electrons. The number of hydrogen-bond donors (Lipinski definition) is 1. The molecule has 1 fully saturated rings. The minimum atomic E-state index is -0.393. The molecular weight excluding hydrogens is 251 g/mol. The molecule has 5 nitrogen and oxygen atoms in total. The van der Waals surface area contributed by atoms with Crippen molar-refractivity contribution in [3.05, 3.63) is 29.6 Å². The first kappa shape index (κ1) is 13.3. The van der Waals surface area contributed by atoms with Crippen molar-refractivity contribution in [1.82, 2.24) is 10.2 Å². The lowest BCUT2D eigenvalue weighted by Crippen LogP contribution is -2.32. The van der Waals surface area contributed by atoms with Crippen molar-refractivity contribution in [2.45, 2.75) is 13.0 Å². The van der Waals surface area contributed by atoms with Gasteiger partial charge in [-0.3, -0.25) is 4.79 Å². The summed E-state index contributed by atoms with van der Waals surface area (Å²) in [5, 5.41) is 2.72. The third-order valence-corrected chi connectivity index (χ3v) is 2.97. The summed E-state index contributed by atoms with van der Waals surface area (Å²) in [5.74, 6) is 0.0217. The maximum Gasteiger partial charge on any atom is 0.318 e. The molecule has 1 saturated heterocycles. The number of ether oxygens (including phenoxy) is 1. The summed E-state index contributed by atoms with van der Waals surface area (Å²) in [6, 6.07) is 3.45. The fraction of sp³-hybridized carbons (Fsp3) is 0.385. The highest BCUT2D eigenvalue weighted by Gasteiger charge is 2.32. The lowest BCUT2D eigenvalue weighted by atomic mass is 10.1. The number of amides is 2. The molecule has 1 N–H and O–H groups in total. The number of benzene rings is 1. The minimum absolute atomic E-state index is 0.0555. The number of urea groups is 1. The first-order valence-electron chi connectivity index (χ1n) is 5.89. The number of carbonyl (C=O) groups is 2. The van der Waals surface area contributed by atoms with Gasteiger partial charge in [0.1, 0.15) is 17.3 Å². The molecular formula is C13H15FN2O3. The number of carbonyl (C=O) groups excluding carboxylic acids is 2. The van der Waals surface area contributed by atoms with Crippen molar-refractivity contribution in [1.29, 1.82) is 0 Å². The molecule has 6 heteroatoms. The van der Waals surface area contributed by atoms with Gasteiger partial charge in [0, 0.05) is 12.1 Å². The number of hydrogen-bond acceptors (Lipinski definition) is 3. The Bertz CT molecular complexity index is 519. The van der Waals surface area contributed by atoms with Gasteiger partial charge in [0.2, 0.25) is 0 Å². The second kappa shape index (κ2) is 5.26. The quantitative estimate of drug-likeness (QED) is 0.898. The molecule has 1 unspecified atom stereocenters. The lowest BCUT2D eigenvalue weighted by Gasteiger charge is -2.15. The van der Waals surface area contributed by atoms with E-state index in [4.69, 9.17) is 4.74 Å². The maximum atomic E-state index is 13.3. The molecule has 2 rings (SSSR count). The van der Waals surface area contributed by atoms with E-state index in [2.05, 4.69) is 5.32 Å². The van der Waals surface area contributed by atoms with Crippen LogP contribution in [-0.4, -0.2) is 36.9 Å². The van der Waals surface area contributed by atoms with Crippen LogP contribution >= 0.6 is 0 Å². The van der Waals surface area contributed by atoms with E-state index in [0.717, 1.165) is 0 Å². The first-order chi connectivity index (χ1) is 9.01. The van der Waals surface area contributed by atoms with E-state index in [-0.39, 0.29) is 24.4 Å². The molecule has 1 aromatic carbocycles. The van der Waals surface area contributed by atoms with Gasteiger partial charge in [0.15, 0.2) is 0 Å². The van der Waals surface area contributed by atoms with Crippen molar-refractivity contribution in [3.63, 3.8) is 0 Å². The van der Waals surface area contributed by atoms with Gasteiger partial charge < -0.3 is 15.0 Å². The number of rotatable bonds is 4. The topological polar surface area (TPSA) is 58.6 Å². The van der Waals surface area contributed by atoms with Crippen LogP contribution in [-0.2, 0) is 4.79 Å². The molecule has 1 heterocycles. The van der Waals surface area contributed by atoms with Gasteiger partial charge in [-0.05, 0) is 25.1 Å². The van der Waals surface area contributed by atoms with Gasteiger partial charge >= 0.3 is 6.03 Å². The fourth-order valence-corrected chi connectivity index (χ4v) is 2.15. The second-order valence-electron chi connectivity index (χ2n) is 4.47. The summed E-state index contributed by atoms with van der Waals surface area (Å²) >= 11 is 0. The summed E-state index contributed by atoms with van der Waals surface area (Å²) in [7, 11) is 1.49. The molecule has 1 aromatic rings. The van der Waals surface area contributed by atoms with E-state index in [0.29, 0.717) is 17.9 Å². The SMILES string of the molecule is COc1ccc(F)cc1C1CN(CC(C)=O)C(=O)N1. The molecule has 0 aliphatic carbocycles. The molecule has 1 aliphatic heterocycles. The largest absolute Gasteiger partial charge is 0.496 e. The third kappa shape index (κ3) is 2.83. The molecule has 2 amide bonds. The molecule has 0 bridgehead atoms. The van der Waals surface area contributed by atoms with Crippen LogP contribution in [0, 0.1) is 5.82 Å². The average Bonchev–Trinajstić information content (AvgIpc) is 2.70. The van der Waals surface area contributed by atoms with E-state index in [1.807, 2.05) is 0 Å². The molecule has 0 spiro atoms. The van der Waals surface area contributed by atoms with Crippen LogP contribution in [0.4, 0.5) is 9.18 Å². The number of Topliss-reactive ketones (excluding diaryl/α,β-unsaturated/α-hetero) is 1. The van der Waals surface area contributed by atoms with Gasteiger partial charge in [-0.15, -0.1) is 0 Å². The fourth-order valence-electron chi connectivity index (χ4n) is 2.15. The van der Waals surface area contributed by atoms with Gasteiger partial charge in [-0.2, -0.15) is 0 Å². The van der Waals surface area contributed by atoms with Crippen LogP contribution in [0.2, 0.25) is 0 Å². The van der Waals surface area contributed by atoms with Crippen molar-refractivity contribution < 1.29 is 18.7 Å². The van der Waals surface area contributed by atoms with Gasteiger partial charge in [-0.25, -0.2) is 9.18 Å². The summed E-state index contributed by atoms with van der Waals surface area (Å²) in [6.45, 7) is 1.79. The normalized spacial score (nSPS) is 18.4. The van der Waals surface area contributed by atoms with Crippen molar-refractivity contribution in [3.8, 4) is 5.75 Å². The summed E-state index contributed by atoms with van der Waals surface area (Å²) in [4.78, 5) is 24.2. The van der Waals surface area contributed by atoms with Gasteiger partial charge in [0.05, 0.1) is 19.7 Å². The number of methoxy groups -OCH3 is 1. The van der Waals surface area contributed by atoms with Crippen LogP contribution in [0.25, 0.3) is 0 Å². The lowest BCUT2D eigenvalue weighted by molar-refractivity contribution is -0.117. The minimum Gasteiger partial charge on any atom is -0.496 e. The smallest absolute Gasteiger partial charge is 0.318 e. The third-order valence-electron chi connectivity index (χ3n) is 2.97. The Labute approximate surface area is 110 Å². The van der Waals surface area contributed by atoms with Gasteiger partial charge in [-0.1, -0.05) is 0 Å². The Kier molecular flexibility index (Phi) is 3.69. The molecule has 19 heavy (non-hydrogen) atoms. The highest BCUT2D eigenvalue weighted by atomic mass is 19.1. The van der Waals surface area contributed by atoms with E-state index in [1.165, 1.54) is 37.1 Å². The number of nitrogens with one attached hydrogen (secondary N) is 1. The van der Waals surface area contributed by atoms with E-state index < -0.39 is 5.82 Å². The molecule has 1 aliphatic rings. The van der Waals surface area contributed by atoms with Gasteiger partial charge in [0.25, 0.3) is 0 Å².